The summed E-state index contributed by atoms with van der Waals surface area (Å²) in [5, 5.41) is 8.39. The Kier molecular flexibility index (Phi) is 8.73. The van der Waals surface area contributed by atoms with Gasteiger partial charge in [-0.2, -0.15) is 0 Å². The topological polar surface area (TPSA) is 125 Å². The van der Waals surface area contributed by atoms with Crippen molar-refractivity contribution >= 4 is 36.9 Å². The number of amides is 2. The number of hydrogen-bond donors (Lipinski definition) is 5. The smallest absolute Gasteiger partial charge is 0.242 e. The average Bonchev–Trinajstić information content (AvgIpc) is 3.03. The molecule has 0 spiro atoms. The van der Waals surface area contributed by atoms with E-state index in [4.69, 9.17) is 25.8 Å². The number of hydrogen-bond acceptors (Lipinski definition) is 5. The summed E-state index contributed by atoms with van der Waals surface area (Å²) in [6, 6.07) is -1.93. The summed E-state index contributed by atoms with van der Waals surface area (Å²) in [5.74, 6) is -1.03. The molecule has 1 heterocycles. The van der Waals surface area contributed by atoms with Crippen molar-refractivity contribution in [3.8, 4) is 0 Å². The number of imidazole rings is 1. The van der Waals surface area contributed by atoms with Gasteiger partial charge in [0.2, 0.25) is 11.8 Å². The molecule has 10 heteroatoms. The molecule has 4 atom stereocenters. The molecule has 0 bridgehead atoms. The lowest BCUT2D eigenvalue weighted by atomic mass is 9.97. The first-order chi connectivity index (χ1) is 12.1. The van der Waals surface area contributed by atoms with Crippen LogP contribution in [0.3, 0.4) is 0 Å². The van der Waals surface area contributed by atoms with E-state index in [0.29, 0.717) is 11.4 Å². The zero-order valence-electron chi connectivity index (χ0n) is 15.6. The number of aromatic amines is 1. The van der Waals surface area contributed by atoms with Crippen LogP contribution in [0.5, 0.6) is 0 Å². The van der Waals surface area contributed by atoms with Gasteiger partial charge in [0.1, 0.15) is 6.04 Å². The zero-order chi connectivity index (χ0) is 19.9. The maximum absolute atomic E-state index is 12.4. The van der Waals surface area contributed by atoms with Crippen molar-refractivity contribution in [3.63, 3.8) is 0 Å². The highest BCUT2D eigenvalue weighted by atomic mass is 32.1. The molecule has 1 aromatic heterocycles. The van der Waals surface area contributed by atoms with E-state index in [1.165, 1.54) is 6.33 Å². The van der Waals surface area contributed by atoms with Gasteiger partial charge in [0.05, 0.1) is 31.2 Å². The van der Waals surface area contributed by atoms with Crippen LogP contribution in [0.15, 0.2) is 12.5 Å². The van der Waals surface area contributed by atoms with Gasteiger partial charge in [0.15, 0.2) is 0 Å². The van der Waals surface area contributed by atoms with E-state index < -0.39 is 18.0 Å². The zero-order valence-corrected chi connectivity index (χ0v) is 16.4. The summed E-state index contributed by atoms with van der Waals surface area (Å²) in [6.45, 7) is 7.22. The number of rotatable bonds is 9. The minimum absolute atomic E-state index is 0.0586. The molecule has 0 saturated carbocycles. The van der Waals surface area contributed by atoms with E-state index in [9.17, 15) is 9.59 Å². The summed E-state index contributed by atoms with van der Waals surface area (Å²) >= 11 is 5.30. The Labute approximate surface area is 160 Å². The highest BCUT2D eigenvalue weighted by molar-refractivity contribution is 7.80. The number of nitrogens with two attached hydrogens (primary N) is 1. The molecule has 0 aliphatic rings. The van der Waals surface area contributed by atoms with Gasteiger partial charge < -0.3 is 26.7 Å². The number of carbonyl (C=O) groups is 2. The maximum Gasteiger partial charge on any atom is 0.242 e. The second-order valence-corrected chi connectivity index (χ2v) is 7.09. The minimum atomic E-state index is -0.785. The predicted molar refractivity (Wildman–Crippen MR) is 106 cm³/mol. The number of H-pyrrole nitrogens is 1. The maximum atomic E-state index is 12.4. The molecule has 2 amide bonds. The van der Waals surface area contributed by atoms with Crippen molar-refractivity contribution in [2.75, 3.05) is 0 Å². The number of thiocarbonyl (C=S) groups is 1. The summed E-state index contributed by atoms with van der Waals surface area (Å²) in [7, 11) is 5.69. The van der Waals surface area contributed by atoms with Crippen LogP contribution in [-0.4, -0.2) is 58.7 Å². The van der Waals surface area contributed by atoms with Crippen molar-refractivity contribution < 1.29 is 9.59 Å². The molecule has 2 radical (unpaired) electrons. The molecule has 142 valence electrons. The molecule has 0 aromatic carbocycles. The van der Waals surface area contributed by atoms with Crippen LogP contribution >= 0.6 is 12.2 Å². The van der Waals surface area contributed by atoms with Crippen LogP contribution in [0.1, 0.15) is 33.4 Å². The lowest BCUT2D eigenvalue weighted by Gasteiger charge is -2.27. The first-order valence-electron chi connectivity index (χ1n) is 8.51. The first kappa shape index (κ1) is 22.1. The fourth-order valence-electron chi connectivity index (χ4n) is 2.24. The molecule has 6 N–H and O–H groups in total. The first-order valence-corrected chi connectivity index (χ1v) is 8.92. The lowest BCUT2D eigenvalue weighted by molar-refractivity contribution is -0.129. The van der Waals surface area contributed by atoms with Crippen LogP contribution < -0.4 is 21.7 Å². The molecule has 0 saturated heterocycles. The Balaban J connectivity index is 2.58. The SMILES string of the molecule is [B][C@H](C)NC(=S)[C@@H](NC(=O)[C@H](C)NC(=O)[C@@H](N)Cc1cnc[nH]1)C(C)C. The summed E-state index contributed by atoms with van der Waals surface area (Å²) in [5.41, 5.74) is 6.62. The van der Waals surface area contributed by atoms with Crippen molar-refractivity contribution in [1.82, 2.24) is 25.9 Å². The van der Waals surface area contributed by atoms with Crippen molar-refractivity contribution in [2.45, 2.75) is 58.2 Å². The Hall–Kier alpha value is -1.94. The molecule has 0 fully saturated rings. The van der Waals surface area contributed by atoms with Gasteiger partial charge in [-0.25, -0.2) is 4.98 Å². The van der Waals surface area contributed by atoms with E-state index in [-0.39, 0.29) is 23.8 Å². The number of aromatic nitrogens is 2. The van der Waals surface area contributed by atoms with Crippen LogP contribution in [0.4, 0.5) is 0 Å². The largest absolute Gasteiger partial charge is 0.384 e. The Morgan fingerprint density at radius 3 is 2.38 bits per heavy atom. The Morgan fingerprint density at radius 2 is 1.88 bits per heavy atom. The highest BCUT2D eigenvalue weighted by Gasteiger charge is 2.26. The molecule has 1 aromatic rings. The molecule has 8 nitrogen and oxygen atoms in total. The minimum Gasteiger partial charge on any atom is -0.384 e. The van der Waals surface area contributed by atoms with Gasteiger partial charge in [0.25, 0.3) is 0 Å². The number of nitrogens with one attached hydrogen (secondary N) is 4. The van der Waals surface area contributed by atoms with Gasteiger partial charge in [-0.15, -0.1) is 0 Å². The Bertz CT molecular complexity index is 608. The van der Waals surface area contributed by atoms with Crippen LogP contribution in [0, 0.1) is 5.92 Å². The molecule has 26 heavy (non-hydrogen) atoms. The van der Waals surface area contributed by atoms with E-state index in [2.05, 4.69) is 25.9 Å². The van der Waals surface area contributed by atoms with E-state index >= 15 is 0 Å². The third-order valence-corrected chi connectivity index (χ3v) is 4.07. The van der Waals surface area contributed by atoms with Crippen LogP contribution in [0.25, 0.3) is 0 Å². The molecular weight excluding hydrogens is 351 g/mol. The van der Waals surface area contributed by atoms with Gasteiger partial charge in [-0.1, -0.05) is 33.0 Å². The lowest BCUT2D eigenvalue weighted by Crippen LogP contribution is -2.56. The summed E-state index contributed by atoms with van der Waals surface area (Å²) in [4.78, 5) is 31.8. The van der Waals surface area contributed by atoms with Gasteiger partial charge in [0, 0.05) is 18.3 Å². The van der Waals surface area contributed by atoms with Crippen molar-refractivity contribution in [3.05, 3.63) is 18.2 Å². The number of carbonyl (C=O) groups excluding carboxylic acids is 2. The van der Waals surface area contributed by atoms with Crippen LogP contribution in [0.2, 0.25) is 0 Å². The second kappa shape index (κ2) is 10.3. The molecule has 0 aliphatic heterocycles. The standard InChI is InChI=1S/C16H27BN6O2S/c1-8(2)13(16(26)22-10(4)17)23-14(24)9(3)21-15(25)12(18)5-11-6-19-7-20-11/h6-10,12-13H,5,18H2,1-4H3,(H,19,20)(H,21,25)(H,22,26)(H,23,24)/t9-,10-,12-,13-/m0/s1. The normalized spacial score (nSPS) is 15.6. The van der Waals surface area contributed by atoms with Gasteiger partial charge in [-0.3, -0.25) is 9.59 Å². The highest BCUT2D eigenvalue weighted by Crippen LogP contribution is 2.05. The predicted octanol–water partition coefficient (Wildman–Crippen LogP) is -0.643. The van der Waals surface area contributed by atoms with Gasteiger partial charge in [-0.05, 0) is 18.8 Å². The monoisotopic (exact) mass is 378 g/mol. The molecule has 0 unspecified atom stereocenters. The fourth-order valence-corrected chi connectivity index (χ4v) is 2.76. The van der Waals surface area contributed by atoms with Gasteiger partial charge >= 0.3 is 0 Å². The number of nitrogens with zero attached hydrogens (tertiary/aromatic N) is 1. The molecule has 0 aliphatic carbocycles. The summed E-state index contributed by atoms with van der Waals surface area (Å²) in [6.07, 6.45) is 3.42. The molecule has 1 rings (SSSR count). The average molecular weight is 378 g/mol. The second-order valence-electron chi connectivity index (χ2n) is 6.65. The third kappa shape index (κ3) is 7.13. The Morgan fingerprint density at radius 1 is 1.23 bits per heavy atom. The van der Waals surface area contributed by atoms with E-state index in [1.807, 2.05) is 13.8 Å². The van der Waals surface area contributed by atoms with E-state index in [0.717, 1.165) is 5.69 Å². The third-order valence-electron chi connectivity index (χ3n) is 3.70. The quantitative estimate of drug-likeness (QED) is 0.288. The van der Waals surface area contributed by atoms with Crippen molar-refractivity contribution in [2.24, 2.45) is 11.7 Å². The summed E-state index contributed by atoms with van der Waals surface area (Å²) < 4.78 is 0. The van der Waals surface area contributed by atoms with E-state index in [1.54, 1.807) is 20.0 Å². The van der Waals surface area contributed by atoms with Crippen molar-refractivity contribution in [1.29, 1.82) is 0 Å². The fraction of sp³-hybridized carbons (Fsp3) is 0.625. The molecular formula is C16H27BN6O2S. The van der Waals surface area contributed by atoms with Crippen LogP contribution in [-0.2, 0) is 16.0 Å².